The van der Waals surface area contributed by atoms with Crippen LogP contribution in [0.5, 0.6) is 0 Å². The molecule has 23 heavy (non-hydrogen) atoms. The Kier molecular flexibility index (Phi) is 5.30. The van der Waals surface area contributed by atoms with Crippen LogP contribution in [-0.4, -0.2) is 41.3 Å². The number of hydrogen-bond acceptors (Lipinski definition) is 4. The van der Waals surface area contributed by atoms with Crippen molar-refractivity contribution < 1.29 is 9.59 Å². The van der Waals surface area contributed by atoms with E-state index in [2.05, 4.69) is 5.32 Å². The molecule has 0 radical (unpaired) electrons. The van der Waals surface area contributed by atoms with Gasteiger partial charge in [-0.1, -0.05) is 0 Å². The van der Waals surface area contributed by atoms with E-state index < -0.39 is 0 Å². The van der Waals surface area contributed by atoms with E-state index in [1.807, 2.05) is 11.3 Å². The summed E-state index contributed by atoms with van der Waals surface area (Å²) in [5.74, 6) is 0.0882. The molecule has 0 spiro atoms. The fraction of sp³-hybridized carbons (Fsp3) is 0.706. The third kappa shape index (κ3) is 4.10. The number of carbonyl (C=O) groups excluding carboxylic acids is 2. The number of rotatable bonds is 4. The Labute approximate surface area is 141 Å². The molecule has 1 aliphatic carbocycles. The number of aromatic nitrogens is 1. The number of fused-ring (bicyclic) bond motifs is 1. The molecule has 1 aliphatic heterocycles. The molecule has 1 N–H and O–H groups in total. The Balaban J connectivity index is 1.45. The number of nitrogens with one attached hydrogen (secondary N) is 1. The number of nitrogens with zero attached hydrogens (tertiary/aromatic N) is 2. The van der Waals surface area contributed by atoms with Crippen LogP contribution in [0.3, 0.4) is 0 Å². The lowest BCUT2D eigenvalue weighted by Crippen LogP contribution is -2.45. The van der Waals surface area contributed by atoms with Crippen LogP contribution in [0, 0.1) is 5.92 Å². The highest BCUT2D eigenvalue weighted by molar-refractivity contribution is 7.11. The largest absolute Gasteiger partial charge is 0.355 e. The smallest absolute Gasteiger partial charge is 0.224 e. The summed E-state index contributed by atoms with van der Waals surface area (Å²) < 4.78 is 0. The molecule has 1 saturated heterocycles. The van der Waals surface area contributed by atoms with Crippen LogP contribution in [-0.2, 0) is 28.9 Å². The first-order valence-electron chi connectivity index (χ1n) is 8.64. The lowest BCUT2D eigenvalue weighted by atomic mass is 9.97. The number of hydrogen-bond donors (Lipinski definition) is 1. The van der Waals surface area contributed by atoms with E-state index in [1.165, 1.54) is 29.8 Å². The first kappa shape index (κ1) is 16.4. The van der Waals surface area contributed by atoms with Gasteiger partial charge in [0, 0.05) is 37.9 Å². The van der Waals surface area contributed by atoms with Crippen molar-refractivity contribution in [2.75, 3.05) is 19.6 Å². The van der Waals surface area contributed by atoms with Crippen molar-refractivity contribution in [3.05, 3.63) is 15.6 Å². The quantitative estimate of drug-likeness (QED) is 0.915. The fourth-order valence-corrected chi connectivity index (χ4v) is 4.58. The van der Waals surface area contributed by atoms with Crippen LogP contribution in [0.15, 0.2) is 0 Å². The Morgan fingerprint density at radius 2 is 2.13 bits per heavy atom. The molecule has 0 aromatic carbocycles. The second kappa shape index (κ2) is 7.43. The van der Waals surface area contributed by atoms with E-state index >= 15 is 0 Å². The van der Waals surface area contributed by atoms with Gasteiger partial charge < -0.3 is 10.2 Å². The van der Waals surface area contributed by atoms with Gasteiger partial charge in [-0.25, -0.2) is 4.98 Å². The Bertz CT molecular complexity index is 561. The van der Waals surface area contributed by atoms with E-state index in [0.29, 0.717) is 13.1 Å². The van der Waals surface area contributed by atoms with E-state index in [0.717, 1.165) is 37.2 Å². The minimum atomic E-state index is -0.0582. The Morgan fingerprint density at radius 1 is 1.30 bits per heavy atom. The van der Waals surface area contributed by atoms with Crippen molar-refractivity contribution in [2.24, 2.45) is 5.92 Å². The van der Waals surface area contributed by atoms with Crippen LogP contribution < -0.4 is 5.32 Å². The minimum absolute atomic E-state index is 0.0582. The molecule has 6 heteroatoms. The molecule has 0 unspecified atom stereocenters. The minimum Gasteiger partial charge on any atom is -0.355 e. The summed E-state index contributed by atoms with van der Waals surface area (Å²) in [6, 6.07) is 0. The third-order valence-corrected chi connectivity index (χ3v) is 5.98. The summed E-state index contributed by atoms with van der Waals surface area (Å²) in [6.45, 7) is 3.56. The summed E-state index contributed by atoms with van der Waals surface area (Å²) in [7, 11) is 0. The molecular weight excluding hydrogens is 310 g/mol. The highest BCUT2D eigenvalue weighted by Gasteiger charge is 2.26. The van der Waals surface area contributed by atoms with Crippen LogP contribution >= 0.6 is 11.3 Å². The van der Waals surface area contributed by atoms with Gasteiger partial charge in [-0.05, 0) is 38.5 Å². The summed E-state index contributed by atoms with van der Waals surface area (Å²) >= 11 is 1.81. The first-order valence-corrected chi connectivity index (χ1v) is 9.46. The van der Waals surface area contributed by atoms with E-state index in [9.17, 15) is 9.59 Å². The Morgan fingerprint density at radius 3 is 2.91 bits per heavy atom. The van der Waals surface area contributed by atoms with Gasteiger partial charge in [-0.2, -0.15) is 0 Å². The molecule has 1 fully saturated rings. The van der Waals surface area contributed by atoms with Gasteiger partial charge in [-0.3, -0.25) is 9.59 Å². The van der Waals surface area contributed by atoms with Gasteiger partial charge >= 0.3 is 0 Å². The zero-order chi connectivity index (χ0) is 16.2. The van der Waals surface area contributed by atoms with Crippen LogP contribution in [0.25, 0.3) is 0 Å². The molecule has 2 heterocycles. The number of amides is 2. The maximum atomic E-state index is 12.3. The summed E-state index contributed by atoms with van der Waals surface area (Å²) in [6.07, 6.45) is 7.41. The van der Waals surface area contributed by atoms with E-state index in [-0.39, 0.29) is 17.7 Å². The van der Waals surface area contributed by atoms with E-state index in [4.69, 9.17) is 4.98 Å². The van der Waals surface area contributed by atoms with Crippen LogP contribution in [0.4, 0.5) is 0 Å². The summed E-state index contributed by atoms with van der Waals surface area (Å²) in [4.78, 5) is 31.7. The summed E-state index contributed by atoms with van der Waals surface area (Å²) in [5.41, 5.74) is 1.28. The molecule has 1 atom stereocenters. The fourth-order valence-electron chi connectivity index (χ4n) is 3.43. The van der Waals surface area contributed by atoms with Crippen molar-refractivity contribution >= 4 is 23.2 Å². The van der Waals surface area contributed by atoms with Gasteiger partial charge in [-0.15, -0.1) is 11.3 Å². The maximum Gasteiger partial charge on any atom is 0.224 e. The topological polar surface area (TPSA) is 62.3 Å². The predicted octanol–water partition coefficient (Wildman–Crippen LogP) is 1.94. The average Bonchev–Trinajstić information content (AvgIpc) is 2.97. The lowest BCUT2D eigenvalue weighted by Gasteiger charge is -2.31. The van der Waals surface area contributed by atoms with Crippen molar-refractivity contribution in [1.82, 2.24) is 15.2 Å². The normalized spacial score (nSPS) is 20.9. The van der Waals surface area contributed by atoms with Crippen molar-refractivity contribution in [1.29, 1.82) is 0 Å². The van der Waals surface area contributed by atoms with Gasteiger partial charge in [0.15, 0.2) is 0 Å². The summed E-state index contributed by atoms with van der Waals surface area (Å²) in [5, 5.41) is 4.18. The number of piperidine rings is 1. The number of likely N-dealkylation sites (tertiary alicyclic amines) is 1. The molecule has 0 bridgehead atoms. The van der Waals surface area contributed by atoms with Crippen LogP contribution in [0.1, 0.15) is 48.2 Å². The van der Waals surface area contributed by atoms with Crippen molar-refractivity contribution in [3.63, 3.8) is 0 Å². The van der Waals surface area contributed by atoms with Gasteiger partial charge in [0.1, 0.15) is 0 Å². The predicted molar refractivity (Wildman–Crippen MR) is 90.4 cm³/mol. The zero-order valence-corrected chi connectivity index (χ0v) is 14.6. The molecule has 1 aromatic heterocycles. The van der Waals surface area contributed by atoms with Gasteiger partial charge in [0.2, 0.25) is 11.8 Å². The second-order valence-corrected chi connectivity index (χ2v) is 7.70. The second-order valence-electron chi connectivity index (χ2n) is 6.53. The van der Waals surface area contributed by atoms with Gasteiger partial charge in [0.25, 0.3) is 0 Å². The first-order chi connectivity index (χ1) is 11.1. The molecule has 1 aromatic rings. The number of thiazole rings is 1. The Hall–Kier alpha value is -1.43. The maximum absolute atomic E-state index is 12.3. The molecule has 3 rings (SSSR count). The number of carbonyl (C=O) groups is 2. The molecule has 2 amide bonds. The van der Waals surface area contributed by atoms with Crippen molar-refractivity contribution in [2.45, 2.75) is 51.9 Å². The molecule has 5 nitrogen and oxygen atoms in total. The monoisotopic (exact) mass is 335 g/mol. The highest BCUT2D eigenvalue weighted by Crippen LogP contribution is 2.26. The average molecular weight is 335 g/mol. The van der Waals surface area contributed by atoms with Crippen molar-refractivity contribution in [3.8, 4) is 0 Å². The molecule has 0 saturated carbocycles. The standard InChI is InChI=1S/C17H25N3O2S/c1-12(21)20-10-4-5-13(11-20)17(22)18-9-8-16-19-14-6-2-3-7-15(14)23-16/h13H,2-11H2,1H3,(H,18,22)/t13-/m0/s1. The third-order valence-electron chi connectivity index (χ3n) is 4.77. The SMILES string of the molecule is CC(=O)N1CCC[C@H](C(=O)NCCc2nc3c(s2)CCCC3)C1. The molecule has 2 aliphatic rings. The highest BCUT2D eigenvalue weighted by atomic mass is 32.1. The van der Waals surface area contributed by atoms with Crippen LogP contribution in [0.2, 0.25) is 0 Å². The molecule has 126 valence electrons. The van der Waals surface area contributed by atoms with Gasteiger partial charge in [0.05, 0.1) is 16.6 Å². The number of aryl methyl sites for hydroxylation is 2. The zero-order valence-electron chi connectivity index (χ0n) is 13.8. The van der Waals surface area contributed by atoms with E-state index in [1.54, 1.807) is 11.8 Å². The lowest BCUT2D eigenvalue weighted by molar-refractivity contribution is -0.133. The molecular formula is C17H25N3O2S.